The smallest absolute Gasteiger partial charge is 0.404 e. The van der Waals surface area contributed by atoms with Gasteiger partial charge in [0, 0.05) is 56.0 Å². The molecule has 0 unspecified atom stereocenters. The van der Waals surface area contributed by atoms with Gasteiger partial charge in [-0.2, -0.15) is 5.26 Å². The molecular weight excluding hydrogens is 370 g/mol. The van der Waals surface area contributed by atoms with Gasteiger partial charge in [0.1, 0.15) is 6.07 Å². The topological polar surface area (TPSA) is 102 Å². The number of nitrogens with zero attached hydrogens (tertiary/aromatic N) is 4. The Morgan fingerprint density at radius 1 is 1.38 bits per heavy atom. The molecule has 0 saturated carbocycles. The number of hydrogen-bond acceptors (Lipinski definition) is 6. The van der Waals surface area contributed by atoms with Crippen LogP contribution >= 0.6 is 0 Å². The monoisotopic (exact) mass is 395 g/mol. The van der Waals surface area contributed by atoms with Gasteiger partial charge >= 0.3 is 6.09 Å². The molecule has 2 aliphatic heterocycles. The van der Waals surface area contributed by atoms with Crippen molar-refractivity contribution in [3.05, 3.63) is 36.0 Å². The summed E-state index contributed by atoms with van der Waals surface area (Å²) >= 11 is 0. The first-order valence-corrected chi connectivity index (χ1v) is 9.93. The number of rotatable bonds is 4. The molecule has 2 fully saturated rings. The highest BCUT2D eigenvalue weighted by Gasteiger charge is 2.31. The molecule has 0 radical (unpaired) electrons. The molecular formula is C21H25N5O3. The number of nitrogens with one attached hydrogen (secondary N) is 1. The number of pyridine rings is 1. The van der Waals surface area contributed by atoms with Gasteiger partial charge in [-0.05, 0) is 37.6 Å². The molecule has 8 heteroatoms. The summed E-state index contributed by atoms with van der Waals surface area (Å²) in [7, 11) is 0. The SMILES string of the molecule is C[C@@H]1CN(c2ccc(C#N)c3ncccc23)C[C@H](CN2CC[C@@H](NC(=O)O)C2)O1. The molecule has 29 heavy (non-hydrogen) atoms. The Hall–Kier alpha value is -2.89. The first kappa shape index (κ1) is 19.4. The zero-order valence-electron chi connectivity index (χ0n) is 16.4. The standard InChI is InChI=1S/C21H25N5O3/c1-14-10-26(19-5-4-15(9-22)20-18(19)3-2-7-23-20)13-17(29-14)12-25-8-6-16(11-25)24-21(27)28/h2-5,7,14,16-17,24H,6,8,10-13H2,1H3,(H,27,28)/t14-,16-,17+/m1/s1. The second-order valence-corrected chi connectivity index (χ2v) is 7.81. The van der Waals surface area contributed by atoms with E-state index in [0.29, 0.717) is 12.1 Å². The molecule has 8 nitrogen and oxygen atoms in total. The number of nitriles is 1. The number of amides is 1. The van der Waals surface area contributed by atoms with Crippen LogP contribution in [0.1, 0.15) is 18.9 Å². The summed E-state index contributed by atoms with van der Waals surface area (Å²) in [4.78, 5) is 19.9. The minimum absolute atomic E-state index is 0.0156. The van der Waals surface area contributed by atoms with Gasteiger partial charge in [0.2, 0.25) is 0 Å². The predicted molar refractivity (Wildman–Crippen MR) is 109 cm³/mol. The van der Waals surface area contributed by atoms with Gasteiger partial charge in [-0.3, -0.25) is 9.88 Å². The van der Waals surface area contributed by atoms with E-state index in [1.807, 2.05) is 24.3 Å². The van der Waals surface area contributed by atoms with E-state index in [1.54, 1.807) is 6.20 Å². The van der Waals surface area contributed by atoms with E-state index in [4.69, 9.17) is 9.84 Å². The number of carbonyl (C=O) groups is 1. The van der Waals surface area contributed by atoms with Gasteiger partial charge in [-0.15, -0.1) is 0 Å². The van der Waals surface area contributed by atoms with Gasteiger partial charge < -0.3 is 20.1 Å². The van der Waals surface area contributed by atoms with Crippen molar-refractivity contribution >= 4 is 22.7 Å². The summed E-state index contributed by atoms with van der Waals surface area (Å²) in [6, 6.07) is 9.95. The maximum Gasteiger partial charge on any atom is 0.404 e. The molecule has 2 saturated heterocycles. The molecule has 2 aliphatic rings. The average molecular weight is 395 g/mol. The van der Waals surface area contributed by atoms with Crippen LogP contribution in [0.4, 0.5) is 10.5 Å². The van der Waals surface area contributed by atoms with Crippen molar-refractivity contribution in [3.63, 3.8) is 0 Å². The van der Waals surface area contributed by atoms with E-state index < -0.39 is 6.09 Å². The second kappa shape index (κ2) is 8.23. The van der Waals surface area contributed by atoms with Crippen LogP contribution in [0, 0.1) is 11.3 Å². The number of likely N-dealkylation sites (tertiary alicyclic amines) is 1. The van der Waals surface area contributed by atoms with Crippen LogP contribution < -0.4 is 10.2 Å². The third kappa shape index (κ3) is 4.26. The summed E-state index contributed by atoms with van der Waals surface area (Å²) < 4.78 is 6.19. The summed E-state index contributed by atoms with van der Waals surface area (Å²) in [5, 5.41) is 21.9. The Morgan fingerprint density at radius 3 is 3.03 bits per heavy atom. The maximum atomic E-state index is 10.9. The molecule has 0 aliphatic carbocycles. The summed E-state index contributed by atoms with van der Waals surface area (Å²) in [5.74, 6) is 0. The van der Waals surface area contributed by atoms with Gasteiger partial charge in [-0.25, -0.2) is 4.79 Å². The maximum absolute atomic E-state index is 10.9. The number of hydrogen-bond donors (Lipinski definition) is 2. The zero-order chi connectivity index (χ0) is 20.4. The van der Waals surface area contributed by atoms with Crippen LogP contribution in [0.25, 0.3) is 10.9 Å². The van der Waals surface area contributed by atoms with E-state index in [1.165, 1.54) is 0 Å². The second-order valence-electron chi connectivity index (χ2n) is 7.81. The number of ether oxygens (including phenoxy) is 1. The molecule has 0 bridgehead atoms. The van der Waals surface area contributed by atoms with E-state index in [2.05, 4.69) is 33.1 Å². The third-order valence-corrected chi connectivity index (χ3v) is 5.60. The van der Waals surface area contributed by atoms with Crippen molar-refractivity contribution in [3.8, 4) is 6.07 Å². The molecule has 1 amide bonds. The van der Waals surface area contributed by atoms with Crippen LogP contribution in [0.15, 0.2) is 30.5 Å². The number of carboxylic acid groups (broad SMARTS) is 1. The Bertz CT molecular complexity index is 944. The summed E-state index contributed by atoms with van der Waals surface area (Å²) in [5.41, 5.74) is 2.38. The van der Waals surface area contributed by atoms with E-state index in [0.717, 1.165) is 49.2 Å². The van der Waals surface area contributed by atoms with Gasteiger partial charge in [0.25, 0.3) is 0 Å². The zero-order valence-corrected chi connectivity index (χ0v) is 16.4. The van der Waals surface area contributed by atoms with Gasteiger partial charge in [-0.1, -0.05) is 0 Å². The van der Waals surface area contributed by atoms with Crippen molar-refractivity contribution in [2.75, 3.05) is 37.6 Å². The number of aromatic nitrogens is 1. The molecule has 3 atom stereocenters. The highest BCUT2D eigenvalue weighted by Crippen LogP contribution is 2.30. The predicted octanol–water partition coefficient (Wildman–Crippen LogP) is 2.04. The Labute approximate surface area is 169 Å². The van der Waals surface area contributed by atoms with Crippen molar-refractivity contribution in [1.29, 1.82) is 5.26 Å². The average Bonchev–Trinajstić information content (AvgIpc) is 3.12. The lowest BCUT2D eigenvalue weighted by molar-refractivity contribution is -0.0295. The van der Waals surface area contributed by atoms with E-state index in [-0.39, 0.29) is 18.2 Å². The lowest BCUT2D eigenvalue weighted by Crippen LogP contribution is -2.51. The van der Waals surface area contributed by atoms with E-state index >= 15 is 0 Å². The summed E-state index contributed by atoms with van der Waals surface area (Å²) in [6.07, 6.45) is 1.68. The molecule has 1 aromatic heterocycles. The van der Waals surface area contributed by atoms with Crippen molar-refractivity contribution in [2.45, 2.75) is 31.6 Å². The molecule has 1 aromatic carbocycles. The number of anilines is 1. The molecule has 3 heterocycles. The van der Waals surface area contributed by atoms with Crippen molar-refractivity contribution in [2.24, 2.45) is 0 Å². The Balaban J connectivity index is 1.50. The first-order chi connectivity index (χ1) is 14.0. The van der Waals surface area contributed by atoms with Gasteiger partial charge in [0.15, 0.2) is 0 Å². The number of benzene rings is 1. The minimum atomic E-state index is -0.966. The Kier molecular flexibility index (Phi) is 5.51. The normalized spacial score (nSPS) is 25.1. The number of morpholine rings is 1. The fourth-order valence-electron chi connectivity index (χ4n) is 4.45. The fourth-order valence-corrected chi connectivity index (χ4v) is 4.45. The highest BCUT2D eigenvalue weighted by atomic mass is 16.5. The van der Waals surface area contributed by atoms with Crippen molar-refractivity contribution < 1.29 is 14.6 Å². The third-order valence-electron chi connectivity index (χ3n) is 5.60. The highest BCUT2D eigenvalue weighted by molar-refractivity contribution is 5.95. The molecule has 152 valence electrons. The lowest BCUT2D eigenvalue weighted by Gasteiger charge is -2.40. The first-order valence-electron chi connectivity index (χ1n) is 9.93. The van der Waals surface area contributed by atoms with Crippen LogP contribution in [-0.2, 0) is 4.74 Å². The van der Waals surface area contributed by atoms with E-state index in [9.17, 15) is 10.1 Å². The van der Waals surface area contributed by atoms with Crippen molar-refractivity contribution in [1.82, 2.24) is 15.2 Å². The molecule has 2 aromatic rings. The van der Waals surface area contributed by atoms with Crippen LogP contribution in [0.3, 0.4) is 0 Å². The summed E-state index contributed by atoms with van der Waals surface area (Å²) in [6.45, 7) is 5.93. The number of fused-ring (bicyclic) bond motifs is 1. The molecule has 0 spiro atoms. The minimum Gasteiger partial charge on any atom is -0.465 e. The van der Waals surface area contributed by atoms with Crippen LogP contribution in [0.2, 0.25) is 0 Å². The molecule has 2 N–H and O–H groups in total. The molecule has 4 rings (SSSR count). The van der Waals surface area contributed by atoms with Gasteiger partial charge in [0.05, 0.1) is 23.3 Å². The largest absolute Gasteiger partial charge is 0.465 e. The quantitative estimate of drug-likeness (QED) is 0.817. The van der Waals surface area contributed by atoms with Crippen LogP contribution in [0.5, 0.6) is 0 Å². The fraction of sp³-hybridized carbons (Fsp3) is 0.476. The Morgan fingerprint density at radius 2 is 2.24 bits per heavy atom. The lowest BCUT2D eigenvalue weighted by atomic mass is 10.1. The van der Waals surface area contributed by atoms with Crippen LogP contribution in [-0.4, -0.2) is 72.1 Å².